The van der Waals surface area contributed by atoms with E-state index in [0.29, 0.717) is 68.0 Å². The summed E-state index contributed by atoms with van der Waals surface area (Å²) >= 11 is 0. The largest absolute Gasteiger partial charge is 0.394 e. The minimum atomic E-state index is -1.30. The van der Waals surface area contributed by atoms with Gasteiger partial charge in [0.05, 0.1) is 68.3 Å². The van der Waals surface area contributed by atoms with Crippen LogP contribution in [0.25, 0.3) is 11.2 Å². The van der Waals surface area contributed by atoms with Gasteiger partial charge in [0.1, 0.15) is 42.4 Å². The molecular formula is C55H86N14O11. The number of ether oxygens (including phenoxy) is 3. The van der Waals surface area contributed by atoms with Gasteiger partial charge in [0.2, 0.25) is 29.5 Å². The Labute approximate surface area is 468 Å². The van der Waals surface area contributed by atoms with E-state index in [1.54, 1.807) is 41.7 Å². The number of likely N-dealkylation sites (N-methyl/N-ethyl adjacent to an activating group) is 2. The van der Waals surface area contributed by atoms with E-state index in [-0.39, 0.29) is 54.9 Å². The van der Waals surface area contributed by atoms with E-state index < -0.39 is 91.3 Å². The number of benzene rings is 1. The van der Waals surface area contributed by atoms with Crippen LogP contribution >= 0.6 is 0 Å². The summed E-state index contributed by atoms with van der Waals surface area (Å²) in [4.78, 5) is 87.0. The van der Waals surface area contributed by atoms with Crippen molar-refractivity contribution in [1.82, 2.24) is 65.6 Å². The zero-order valence-corrected chi connectivity index (χ0v) is 48.2. The molecule has 25 nitrogen and oxygen atoms in total. The molecule has 5 amide bonds. The number of aliphatic hydroxyl groups excluding tert-OH is 3. The second kappa shape index (κ2) is 29.5. The van der Waals surface area contributed by atoms with Crippen LogP contribution in [0.3, 0.4) is 0 Å². The van der Waals surface area contributed by atoms with Crippen molar-refractivity contribution in [2.75, 3.05) is 53.3 Å². The third-order valence-corrected chi connectivity index (χ3v) is 15.7. The molecule has 2 fully saturated rings. The lowest BCUT2D eigenvalue weighted by Gasteiger charge is -2.41. The first-order chi connectivity index (χ1) is 38.3. The van der Waals surface area contributed by atoms with Gasteiger partial charge in [0, 0.05) is 47.3 Å². The lowest BCUT2D eigenvalue weighted by molar-refractivity contribution is -0.148. The first-order valence-electron chi connectivity index (χ1n) is 27.9. The van der Waals surface area contributed by atoms with Gasteiger partial charge in [-0.3, -0.25) is 33.2 Å². The number of carbonyl (C=O) groups excluding carboxylic acids is 5. The molecule has 2 aliphatic rings. The maximum Gasteiger partial charge on any atom is 0.245 e. The number of hydrogen-bond acceptors (Lipinski definition) is 18. The van der Waals surface area contributed by atoms with Gasteiger partial charge >= 0.3 is 0 Å². The lowest BCUT2D eigenvalue weighted by Crippen LogP contribution is -2.59. The molecule has 0 bridgehead atoms. The lowest BCUT2D eigenvalue weighted by atomic mass is 9.89. The zero-order valence-electron chi connectivity index (χ0n) is 48.2. The van der Waals surface area contributed by atoms with Crippen LogP contribution in [0.2, 0.25) is 0 Å². The van der Waals surface area contributed by atoms with Gasteiger partial charge in [-0.1, -0.05) is 90.4 Å². The third kappa shape index (κ3) is 15.2. The van der Waals surface area contributed by atoms with E-state index >= 15 is 0 Å². The number of aryl methyl sites for hydroxylation is 1. The topological polar surface area (TPSA) is 315 Å². The van der Waals surface area contributed by atoms with Crippen molar-refractivity contribution >= 4 is 46.5 Å². The van der Waals surface area contributed by atoms with Gasteiger partial charge in [-0.15, -0.1) is 5.10 Å². The predicted octanol–water partition coefficient (Wildman–Crippen LogP) is 1.18. The van der Waals surface area contributed by atoms with Crippen LogP contribution in [0, 0.1) is 23.7 Å². The van der Waals surface area contributed by atoms with Crippen molar-refractivity contribution in [3.05, 3.63) is 60.4 Å². The van der Waals surface area contributed by atoms with E-state index in [9.17, 15) is 39.3 Å². The molecule has 25 heteroatoms. The maximum atomic E-state index is 14.5. The van der Waals surface area contributed by atoms with Crippen LogP contribution in [-0.2, 0) is 57.7 Å². The number of amides is 5. The SMILES string of the molecule is CC[C@H](C)[C@@H]([C@@H](CC(=O)N1CCC[C@H]1[C@H](OC)[C@@H](C)C(=O)N[C@@H](Cc1ccccc1)C(=O)NCc1cn(CCCNc2ncnc3c2ncn3[C@@H]2O[C@H](CO)[C@@H](O)[C@H]2O)nn1)OC)N(C)C(=O)[C@@H](NC(=O)[C@@H](NC)C(C)C)C(C)C. The van der Waals surface area contributed by atoms with E-state index in [1.807, 2.05) is 71.9 Å². The van der Waals surface area contributed by atoms with Crippen molar-refractivity contribution in [2.45, 2.75) is 167 Å². The molecule has 5 heterocycles. The van der Waals surface area contributed by atoms with Gasteiger partial charge in [0.25, 0.3) is 0 Å². The monoisotopic (exact) mass is 1120 g/mol. The summed E-state index contributed by atoms with van der Waals surface area (Å²) in [7, 11) is 6.48. The minimum absolute atomic E-state index is 0.00269. The number of fused-ring (bicyclic) bond motifs is 1. The van der Waals surface area contributed by atoms with Gasteiger partial charge < -0.3 is 65.9 Å². The summed E-state index contributed by atoms with van der Waals surface area (Å²) in [5.41, 5.74) is 2.13. The normalized spacial score (nSPS) is 21.4. The van der Waals surface area contributed by atoms with E-state index in [2.05, 4.69) is 51.8 Å². The van der Waals surface area contributed by atoms with Crippen LogP contribution in [0.5, 0.6) is 0 Å². The molecule has 1 aromatic carbocycles. The molecule has 4 aromatic rings. The van der Waals surface area contributed by atoms with Crippen molar-refractivity contribution in [1.29, 1.82) is 0 Å². The highest BCUT2D eigenvalue weighted by Gasteiger charge is 2.45. The van der Waals surface area contributed by atoms with Crippen LogP contribution in [-0.4, -0.2) is 198 Å². The van der Waals surface area contributed by atoms with E-state index in [1.165, 1.54) is 31.4 Å². The van der Waals surface area contributed by atoms with Crippen LogP contribution in [0.4, 0.5) is 5.82 Å². The van der Waals surface area contributed by atoms with Crippen molar-refractivity contribution in [3.8, 4) is 0 Å². The van der Waals surface area contributed by atoms with Gasteiger partial charge in [-0.05, 0) is 49.6 Å². The first-order valence-corrected chi connectivity index (χ1v) is 27.9. The molecule has 2 aliphatic heterocycles. The average molecular weight is 1120 g/mol. The van der Waals surface area contributed by atoms with Crippen LogP contribution in [0.1, 0.15) is 98.1 Å². The Morgan fingerprint density at radius 2 is 1.64 bits per heavy atom. The summed E-state index contributed by atoms with van der Waals surface area (Å²) in [6.45, 7) is 14.4. The predicted molar refractivity (Wildman–Crippen MR) is 296 cm³/mol. The summed E-state index contributed by atoms with van der Waals surface area (Å²) in [5, 5.41) is 54.0. The summed E-state index contributed by atoms with van der Waals surface area (Å²) < 4.78 is 20.9. The number of imidazole rings is 1. The average Bonchev–Trinajstić information content (AvgIpc) is 4.39. The fourth-order valence-corrected chi connectivity index (χ4v) is 11.0. The van der Waals surface area contributed by atoms with E-state index in [4.69, 9.17) is 14.2 Å². The Morgan fingerprint density at radius 1 is 0.912 bits per heavy atom. The number of aromatic nitrogens is 7. The number of rotatable bonds is 30. The quantitative estimate of drug-likeness (QED) is 0.0340. The van der Waals surface area contributed by atoms with Gasteiger partial charge in [0.15, 0.2) is 23.2 Å². The zero-order chi connectivity index (χ0) is 58.4. The van der Waals surface area contributed by atoms with Crippen molar-refractivity contribution in [3.63, 3.8) is 0 Å². The van der Waals surface area contributed by atoms with E-state index in [0.717, 1.165) is 5.56 Å². The molecule has 0 radical (unpaired) electrons. The highest BCUT2D eigenvalue weighted by molar-refractivity contribution is 5.91. The number of likely N-dealkylation sites (tertiary alicyclic amines) is 1. The number of nitrogens with one attached hydrogen (secondary N) is 5. The van der Waals surface area contributed by atoms with Gasteiger partial charge in [-0.25, -0.2) is 15.0 Å². The van der Waals surface area contributed by atoms with Gasteiger partial charge in [-0.2, -0.15) is 0 Å². The Bertz CT molecular complexity index is 2640. The number of carbonyl (C=O) groups is 5. The number of anilines is 1. The van der Waals surface area contributed by atoms with Crippen molar-refractivity contribution in [2.24, 2.45) is 23.7 Å². The Hall–Kier alpha value is -6.22. The maximum absolute atomic E-state index is 14.5. The molecule has 80 heavy (non-hydrogen) atoms. The molecule has 3 aromatic heterocycles. The second-order valence-electron chi connectivity index (χ2n) is 21.8. The van der Waals surface area contributed by atoms with Crippen LogP contribution in [0.15, 0.2) is 49.2 Å². The second-order valence-corrected chi connectivity index (χ2v) is 21.8. The molecule has 0 aliphatic carbocycles. The highest BCUT2D eigenvalue weighted by atomic mass is 16.6. The van der Waals surface area contributed by atoms with Crippen molar-refractivity contribution < 1.29 is 53.5 Å². The number of hydrogen-bond donors (Lipinski definition) is 8. The summed E-state index contributed by atoms with van der Waals surface area (Å²) in [5.74, 6) is -2.23. The molecule has 0 unspecified atom stereocenters. The molecule has 13 atom stereocenters. The molecule has 0 saturated carbocycles. The Morgan fingerprint density at radius 3 is 2.27 bits per heavy atom. The fraction of sp³-hybridized carbons (Fsp3) is 0.673. The number of aliphatic hydroxyl groups is 3. The fourth-order valence-electron chi connectivity index (χ4n) is 11.0. The standard InChI is InChI=1S/C55H86N14O11/c1-12-33(6)45(66(9)54(77)43(32(4)5)63-53(76)42(56-8)31(2)3)39(78-10)25-41(71)68-23-16-20-38(68)48(79-11)34(7)51(74)62-37(24-35-18-14-13-15-19-35)52(75)58-26-36-27-67(65-64-36)22-17-21-57-49-44-50(60-29-59-49)69(30-61-44)55-47(73)46(72)40(28-70)80-55/h13-15,18-19,27,29-34,37-40,42-43,45-48,55-56,70,72-73H,12,16-17,20-26,28H2,1-11H3,(H,58,75)(H,62,74)(H,63,76)(H,57,59,60)/t33-,34+,37-,38-,39+,40+,42-,43-,45-,46+,47+,48+,55+/m0/s1. The first kappa shape index (κ1) is 63.0. The molecule has 442 valence electrons. The smallest absolute Gasteiger partial charge is 0.245 e. The Kier molecular flexibility index (Phi) is 23.2. The van der Waals surface area contributed by atoms with Crippen LogP contribution < -0.4 is 26.6 Å². The highest BCUT2D eigenvalue weighted by Crippen LogP contribution is 2.33. The molecule has 8 N–H and O–H groups in total. The summed E-state index contributed by atoms with van der Waals surface area (Å²) in [6.07, 6.45) is 1.29. The molecular weight excluding hydrogens is 1030 g/mol. The number of methoxy groups -OCH3 is 2. The Balaban J connectivity index is 1.05. The summed E-state index contributed by atoms with van der Waals surface area (Å²) in [6, 6.07) is 6.11. The molecule has 2 saturated heterocycles. The molecule has 0 spiro atoms. The minimum Gasteiger partial charge on any atom is -0.394 e. The number of nitrogens with zero attached hydrogens (tertiary/aromatic N) is 9. The third-order valence-electron chi connectivity index (χ3n) is 15.7. The molecule has 6 rings (SSSR count).